The molecule has 2 aromatic rings. The maximum atomic E-state index is 11.9. The van der Waals surface area contributed by atoms with E-state index in [1.807, 2.05) is 42.8 Å². The van der Waals surface area contributed by atoms with Crippen LogP contribution in [0.3, 0.4) is 0 Å². The monoisotopic (exact) mass is 278 g/mol. The van der Waals surface area contributed by atoms with E-state index in [0.29, 0.717) is 6.42 Å². The number of nitrogens with one attached hydrogen (secondary N) is 1. The summed E-state index contributed by atoms with van der Waals surface area (Å²) < 4.78 is 0. The number of anilines is 1. The van der Waals surface area contributed by atoms with Crippen LogP contribution < -0.4 is 5.32 Å². The Hall–Kier alpha value is -1.33. The number of benzene rings is 1. The van der Waals surface area contributed by atoms with E-state index in [1.165, 1.54) is 0 Å². The smallest absolute Gasteiger partial charge is 0.230 e. The lowest BCUT2D eigenvalue weighted by Gasteiger charge is -2.08. The van der Waals surface area contributed by atoms with E-state index in [2.05, 4.69) is 10.3 Å². The van der Waals surface area contributed by atoms with Gasteiger partial charge in [-0.25, -0.2) is 4.98 Å². The van der Waals surface area contributed by atoms with Gasteiger partial charge in [0.15, 0.2) is 0 Å². The van der Waals surface area contributed by atoms with Crippen molar-refractivity contribution in [2.24, 2.45) is 0 Å². The second-order valence-corrected chi connectivity index (χ2v) is 5.69. The molecule has 1 aromatic carbocycles. The number of aryl methyl sites for hydroxylation is 1. The van der Waals surface area contributed by atoms with Crippen molar-refractivity contribution in [3.05, 3.63) is 40.3 Å². The van der Waals surface area contributed by atoms with E-state index < -0.39 is 0 Å². The number of rotatable bonds is 4. The predicted molar refractivity (Wildman–Crippen MR) is 77.4 cm³/mol. The Bertz CT molecular complexity index is 551. The third kappa shape index (κ3) is 3.34. The zero-order valence-corrected chi connectivity index (χ0v) is 11.9. The molecule has 1 N–H and O–H groups in total. The van der Waals surface area contributed by atoms with Crippen molar-refractivity contribution in [3.63, 3.8) is 0 Å². The summed E-state index contributed by atoms with van der Waals surface area (Å²) >= 11 is 3.18. The Balaban J connectivity index is 2.03. The number of thiazole rings is 1. The summed E-state index contributed by atoms with van der Waals surface area (Å²) in [6.07, 6.45) is 2.32. The van der Waals surface area contributed by atoms with Gasteiger partial charge in [0, 0.05) is 10.3 Å². The predicted octanol–water partition coefficient (Wildman–Crippen LogP) is 3.35. The van der Waals surface area contributed by atoms with Crippen LogP contribution in [0.25, 0.3) is 0 Å². The third-order valence-electron chi connectivity index (χ3n) is 2.39. The Morgan fingerprint density at radius 3 is 2.89 bits per heavy atom. The summed E-state index contributed by atoms with van der Waals surface area (Å²) in [6, 6.07) is 7.79. The van der Waals surface area contributed by atoms with Gasteiger partial charge in [-0.15, -0.1) is 23.1 Å². The van der Waals surface area contributed by atoms with Gasteiger partial charge in [-0.05, 0) is 25.3 Å². The van der Waals surface area contributed by atoms with Gasteiger partial charge < -0.3 is 5.32 Å². The van der Waals surface area contributed by atoms with Gasteiger partial charge in [-0.1, -0.05) is 12.1 Å². The number of aromatic nitrogens is 1. The number of hydrogen-bond donors (Lipinski definition) is 1. The van der Waals surface area contributed by atoms with Crippen molar-refractivity contribution in [1.82, 2.24) is 4.98 Å². The number of hydrogen-bond acceptors (Lipinski definition) is 4. The molecule has 0 atom stereocenters. The standard InChI is InChI=1S/C13H14N2OS2/c1-9-14-10(8-18-9)7-13(16)15-11-5-3-4-6-12(11)17-2/h3-6,8H,7H2,1-2H3,(H,15,16). The molecule has 0 saturated carbocycles. The second kappa shape index (κ2) is 6.02. The Morgan fingerprint density at radius 1 is 1.44 bits per heavy atom. The average Bonchev–Trinajstić information content (AvgIpc) is 2.75. The molecule has 1 aromatic heterocycles. The molecule has 94 valence electrons. The zero-order valence-electron chi connectivity index (χ0n) is 10.3. The van der Waals surface area contributed by atoms with E-state index in [1.54, 1.807) is 23.1 Å². The fraction of sp³-hybridized carbons (Fsp3) is 0.231. The molecule has 0 fully saturated rings. The quantitative estimate of drug-likeness (QED) is 0.872. The highest BCUT2D eigenvalue weighted by Crippen LogP contribution is 2.24. The van der Waals surface area contributed by atoms with Crippen molar-refractivity contribution in [3.8, 4) is 0 Å². The van der Waals surface area contributed by atoms with Gasteiger partial charge in [0.2, 0.25) is 5.91 Å². The molecule has 3 nitrogen and oxygen atoms in total. The summed E-state index contributed by atoms with van der Waals surface area (Å²) in [5, 5.41) is 5.84. The van der Waals surface area contributed by atoms with E-state index in [4.69, 9.17) is 0 Å². The maximum absolute atomic E-state index is 11.9. The van der Waals surface area contributed by atoms with Gasteiger partial charge in [0.1, 0.15) is 0 Å². The minimum Gasteiger partial charge on any atom is -0.325 e. The molecular formula is C13H14N2OS2. The molecule has 0 aliphatic carbocycles. The minimum absolute atomic E-state index is 0.0261. The van der Waals surface area contributed by atoms with Gasteiger partial charge in [-0.2, -0.15) is 0 Å². The largest absolute Gasteiger partial charge is 0.325 e. The van der Waals surface area contributed by atoms with Crippen LogP contribution in [-0.4, -0.2) is 17.1 Å². The highest BCUT2D eigenvalue weighted by atomic mass is 32.2. The van der Waals surface area contributed by atoms with Crippen LogP contribution in [0, 0.1) is 6.92 Å². The van der Waals surface area contributed by atoms with Crippen molar-refractivity contribution in [2.45, 2.75) is 18.2 Å². The summed E-state index contributed by atoms with van der Waals surface area (Å²) in [6.45, 7) is 1.94. The average molecular weight is 278 g/mol. The fourth-order valence-corrected chi connectivity index (χ4v) is 2.76. The first-order valence-electron chi connectivity index (χ1n) is 5.53. The normalized spacial score (nSPS) is 10.3. The minimum atomic E-state index is -0.0261. The molecule has 1 amide bonds. The molecule has 0 spiro atoms. The zero-order chi connectivity index (χ0) is 13.0. The Kier molecular flexibility index (Phi) is 4.38. The first-order valence-corrected chi connectivity index (χ1v) is 7.63. The number of carbonyl (C=O) groups excluding carboxylic acids is 1. The highest BCUT2D eigenvalue weighted by molar-refractivity contribution is 7.98. The molecule has 1 heterocycles. The van der Waals surface area contributed by atoms with Gasteiger partial charge in [0.05, 0.1) is 22.8 Å². The van der Waals surface area contributed by atoms with Crippen molar-refractivity contribution in [2.75, 3.05) is 11.6 Å². The maximum Gasteiger partial charge on any atom is 0.230 e. The van der Waals surface area contributed by atoms with Crippen molar-refractivity contribution >= 4 is 34.7 Å². The molecule has 0 bridgehead atoms. The third-order valence-corrected chi connectivity index (χ3v) is 4.01. The van der Waals surface area contributed by atoms with Crippen molar-refractivity contribution in [1.29, 1.82) is 0 Å². The van der Waals surface area contributed by atoms with Gasteiger partial charge in [0.25, 0.3) is 0 Å². The highest BCUT2D eigenvalue weighted by Gasteiger charge is 2.08. The summed E-state index contributed by atoms with van der Waals surface area (Å²) in [5.41, 5.74) is 1.69. The van der Waals surface area contributed by atoms with Crippen LogP contribution in [0.2, 0.25) is 0 Å². The van der Waals surface area contributed by atoms with E-state index in [-0.39, 0.29) is 5.91 Å². The summed E-state index contributed by atoms with van der Waals surface area (Å²) in [7, 11) is 0. The number of para-hydroxylation sites is 1. The molecule has 2 rings (SSSR count). The van der Waals surface area contributed by atoms with Crippen LogP contribution >= 0.6 is 23.1 Å². The lowest BCUT2D eigenvalue weighted by atomic mass is 10.3. The summed E-state index contributed by atoms with van der Waals surface area (Å²) in [4.78, 5) is 17.3. The molecule has 0 radical (unpaired) electrons. The SMILES string of the molecule is CSc1ccccc1NC(=O)Cc1csc(C)n1. The van der Waals surface area contributed by atoms with Crippen LogP contribution in [0.4, 0.5) is 5.69 Å². The number of carbonyl (C=O) groups is 1. The first kappa shape index (κ1) is 13.1. The molecule has 0 aliphatic rings. The molecule has 0 unspecified atom stereocenters. The van der Waals surface area contributed by atoms with E-state index in [0.717, 1.165) is 21.3 Å². The topological polar surface area (TPSA) is 42.0 Å². The number of amides is 1. The molecule has 0 aliphatic heterocycles. The van der Waals surface area contributed by atoms with Crippen LogP contribution in [0.15, 0.2) is 34.5 Å². The fourth-order valence-electron chi connectivity index (χ4n) is 1.60. The first-order chi connectivity index (χ1) is 8.69. The van der Waals surface area contributed by atoms with Crippen LogP contribution in [0.1, 0.15) is 10.7 Å². The van der Waals surface area contributed by atoms with Crippen LogP contribution in [0.5, 0.6) is 0 Å². The second-order valence-electron chi connectivity index (χ2n) is 3.78. The lowest BCUT2D eigenvalue weighted by molar-refractivity contribution is -0.115. The summed E-state index contributed by atoms with van der Waals surface area (Å²) in [5.74, 6) is -0.0261. The molecule has 5 heteroatoms. The Morgan fingerprint density at radius 2 is 2.22 bits per heavy atom. The Labute approximate surface area is 115 Å². The number of nitrogens with zero attached hydrogens (tertiary/aromatic N) is 1. The number of thioether (sulfide) groups is 1. The van der Waals surface area contributed by atoms with Crippen LogP contribution in [-0.2, 0) is 11.2 Å². The van der Waals surface area contributed by atoms with E-state index >= 15 is 0 Å². The molecule has 18 heavy (non-hydrogen) atoms. The molecular weight excluding hydrogens is 264 g/mol. The lowest BCUT2D eigenvalue weighted by Crippen LogP contribution is -2.15. The van der Waals surface area contributed by atoms with Crippen molar-refractivity contribution < 1.29 is 4.79 Å². The van der Waals surface area contributed by atoms with E-state index in [9.17, 15) is 4.79 Å². The van der Waals surface area contributed by atoms with Gasteiger partial charge in [-0.3, -0.25) is 4.79 Å². The van der Waals surface area contributed by atoms with Gasteiger partial charge >= 0.3 is 0 Å². The molecule has 0 saturated heterocycles.